The van der Waals surface area contributed by atoms with Crippen LogP contribution >= 0.6 is 0 Å². The fourth-order valence-electron chi connectivity index (χ4n) is 4.31. The number of methoxy groups -OCH3 is 3. The predicted molar refractivity (Wildman–Crippen MR) is 141 cm³/mol. The summed E-state index contributed by atoms with van der Waals surface area (Å²) in [5, 5.41) is 2.79. The minimum atomic E-state index is -0.215. The summed E-state index contributed by atoms with van der Waals surface area (Å²) in [6.07, 6.45) is 1.91. The quantitative estimate of drug-likeness (QED) is 0.301. The number of piperazine rings is 1. The van der Waals surface area contributed by atoms with Gasteiger partial charge in [0, 0.05) is 22.9 Å². The summed E-state index contributed by atoms with van der Waals surface area (Å²) in [4.78, 5) is 41.0. The lowest BCUT2D eigenvalue weighted by atomic mass is 10.1. The van der Waals surface area contributed by atoms with Gasteiger partial charge in [-0.1, -0.05) is 17.7 Å². The molecule has 2 aromatic carbocycles. The molecule has 0 atom stereocenters. The van der Waals surface area contributed by atoms with Crippen molar-refractivity contribution in [3.63, 3.8) is 0 Å². The second kappa shape index (κ2) is 14.4. The molecule has 0 unspecified atom stereocenters. The minimum Gasteiger partial charge on any atom is -1.00 e. The Morgan fingerprint density at radius 2 is 1.58 bits per heavy atom. The number of rotatable bonds is 10. The maximum atomic E-state index is 13.1. The molecule has 206 valence electrons. The van der Waals surface area contributed by atoms with Crippen molar-refractivity contribution in [2.45, 2.75) is 20.3 Å². The van der Waals surface area contributed by atoms with Gasteiger partial charge in [-0.05, 0) is 38.1 Å². The number of nitrogens with one attached hydrogen (secondary N) is 2. The van der Waals surface area contributed by atoms with Crippen LogP contribution in [0.3, 0.4) is 0 Å². The second-order valence-electron chi connectivity index (χ2n) is 9.17. The lowest BCUT2D eigenvalue weighted by molar-refractivity contribution is -0.903. The minimum absolute atomic E-state index is 0. The fraction of sp³-hybridized carbons (Fsp3) is 0.393. The first kappa shape index (κ1) is 30.7. The van der Waals surface area contributed by atoms with Gasteiger partial charge in [-0.15, -0.1) is 0 Å². The Kier molecular flexibility index (Phi) is 11.6. The van der Waals surface area contributed by atoms with E-state index in [4.69, 9.17) is 14.2 Å². The number of amides is 2. The first-order chi connectivity index (χ1) is 17.7. The van der Waals surface area contributed by atoms with E-state index in [0.29, 0.717) is 60.1 Å². The van der Waals surface area contributed by atoms with Gasteiger partial charge in [0.25, 0.3) is 5.91 Å². The molecule has 1 aliphatic heterocycles. The van der Waals surface area contributed by atoms with Crippen molar-refractivity contribution >= 4 is 23.3 Å². The molecule has 2 amide bonds. The molecular formula is C28H36ClN3O6. The number of quaternary nitrogens is 1. The molecule has 1 saturated heterocycles. The van der Waals surface area contributed by atoms with Gasteiger partial charge in [-0.25, -0.2) is 0 Å². The summed E-state index contributed by atoms with van der Waals surface area (Å²) in [6, 6.07) is 10.3. The van der Waals surface area contributed by atoms with Crippen molar-refractivity contribution in [3.05, 3.63) is 59.2 Å². The summed E-state index contributed by atoms with van der Waals surface area (Å²) in [5.41, 5.74) is 2.55. The van der Waals surface area contributed by atoms with Crippen LogP contribution in [-0.2, 0) is 4.79 Å². The number of hydrogen-bond acceptors (Lipinski definition) is 6. The molecule has 0 bridgehead atoms. The van der Waals surface area contributed by atoms with Gasteiger partial charge in [0.05, 0.1) is 60.5 Å². The number of allylic oxidation sites excluding steroid dienone is 1. The first-order valence-electron chi connectivity index (χ1n) is 12.3. The first-order valence-corrected chi connectivity index (χ1v) is 12.3. The number of ether oxygens (including phenoxy) is 3. The molecule has 0 spiro atoms. The van der Waals surface area contributed by atoms with E-state index in [0.717, 1.165) is 18.7 Å². The van der Waals surface area contributed by atoms with E-state index >= 15 is 0 Å². The highest BCUT2D eigenvalue weighted by Gasteiger charge is 2.27. The normalized spacial score (nSPS) is 13.1. The van der Waals surface area contributed by atoms with E-state index in [1.807, 2.05) is 18.7 Å². The van der Waals surface area contributed by atoms with E-state index in [1.165, 1.54) is 32.3 Å². The Hall–Kier alpha value is -3.56. The van der Waals surface area contributed by atoms with E-state index in [1.54, 1.807) is 36.4 Å². The van der Waals surface area contributed by atoms with Crippen molar-refractivity contribution in [2.75, 3.05) is 59.4 Å². The number of ketones is 1. The molecule has 9 nitrogen and oxygen atoms in total. The highest BCUT2D eigenvalue weighted by atomic mass is 35.5. The van der Waals surface area contributed by atoms with Crippen LogP contribution in [-0.4, -0.2) is 76.6 Å². The third-order valence-electron chi connectivity index (χ3n) is 6.25. The number of carbonyl (C=O) groups is 3. The molecule has 0 aliphatic carbocycles. The molecule has 1 heterocycles. The fourth-order valence-corrected chi connectivity index (χ4v) is 4.31. The Morgan fingerprint density at radius 3 is 2.13 bits per heavy atom. The van der Waals surface area contributed by atoms with Gasteiger partial charge in [0.1, 0.15) is 0 Å². The Labute approximate surface area is 230 Å². The molecule has 1 aliphatic rings. The zero-order chi connectivity index (χ0) is 26.9. The van der Waals surface area contributed by atoms with Gasteiger partial charge in [0.2, 0.25) is 11.7 Å². The smallest absolute Gasteiger partial charge is 0.254 e. The Bertz CT molecular complexity index is 1150. The number of anilines is 1. The van der Waals surface area contributed by atoms with Crippen molar-refractivity contribution in [1.29, 1.82) is 0 Å². The van der Waals surface area contributed by atoms with Crippen LogP contribution in [0.4, 0.5) is 5.69 Å². The average Bonchev–Trinajstić information content (AvgIpc) is 2.90. The average molecular weight is 546 g/mol. The van der Waals surface area contributed by atoms with Crippen molar-refractivity contribution in [2.24, 2.45) is 0 Å². The topological polar surface area (TPSA) is 98.6 Å². The van der Waals surface area contributed by atoms with Gasteiger partial charge in [-0.2, -0.15) is 0 Å². The van der Waals surface area contributed by atoms with Crippen LogP contribution in [0.25, 0.3) is 0 Å². The van der Waals surface area contributed by atoms with Crippen LogP contribution in [0.1, 0.15) is 41.0 Å². The van der Waals surface area contributed by atoms with Crippen LogP contribution < -0.4 is 36.8 Å². The van der Waals surface area contributed by atoms with Crippen molar-refractivity contribution in [3.8, 4) is 17.2 Å². The van der Waals surface area contributed by atoms with Crippen LogP contribution in [0.5, 0.6) is 17.2 Å². The highest BCUT2D eigenvalue weighted by Crippen LogP contribution is 2.38. The second-order valence-corrected chi connectivity index (χ2v) is 9.17. The van der Waals surface area contributed by atoms with Crippen molar-refractivity contribution < 1.29 is 45.9 Å². The van der Waals surface area contributed by atoms with Crippen LogP contribution in [0.2, 0.25) is 0 Å². The maximum absolute atomic E-state index is 13.1. The number of carbonyl (C=O) groups excluding carboxylic acids is 3. The Balaban J connectivity index is 0.00000507. The SMILES string of the molecule is COc1cc(C(=O)N2CC[NH+](CCC(=O)c3cccc(NC(=O)C=C(C)C)c3)CC2)cc(OC)c1OC.[Cl-]. The van der Waals surface area contributed by atoms with E-state index in [9.17, 15) is 14.4 Å². The molecule has 3 rings (SSSR count). The van der Waals surface area contributed by atoms with Crippen LogP contribution in [0, 0.1) is 0 Å². The van der Waals surface area contributed by atoms with Gasteiger partial charge in [-0.3, -0.25) is 14.4 Å². The third kappa shape index (κ3) is 7.97. The van der Waals surface area contributed by atoms with Crippen LogP contribution in [0.15, 0.2) is 48.0 Å². The standard InChI is InChI=1S/C28H35N3O6.ClH/c1-19(2)15-26(33)29-22-8-6-7-20(16-22)23(32)9-10-30-11-13-31(14-12-30)28(34)21-17-24(35-3)27(37-5)25(18-21)36-4;/h6-8,15-18H,9-14H2,1-5H3,(H,29,33);1H. The van der Waals surface area contributed by atoms with E-state index in [-0.39, 0.29) is 30.0 Å². The van der Waals surface area contributed by atoms with Gasteiger partial charge in [0.15, 0.2) is 17.3 Å². The number of Topliss-reactive ketones (excluding diaryl/α,β-unsaturated/α-hetero) is 1. The van der Waals surface area contributed by atoms with Crippen molar-refractivity contribution in [1.82, 2.24) is 4.90 Å². The Morgan fingerprint density at radius 1 is 0.947 bits per heavy atom. The summed E-state index contributed by atoms with van der Waals surface area (Å²) < 4.78 is 16.1. The predicted octanol–water partition coefficient (Wildman–Crippen LogP) is -0.765. The van der Waals surface area contributed by atoms with E-state index < -0.39 is 0 Å². The lowest BCUT2D eigenvalue weighted by Gasteiger charge is -2.32. The lowest BCUT2D eigenvalue weighted by Crippen LogP contribution is -3.14. The highest BCUT2D eigenvalue weighted by molar-refractivity contribution is 6.01. The zero-order valence-corrected chi connectivity index (χ0v) is 23.3. The maximum Gasteiger partial charge on any atom is 0.254 e. The summed E-state index contributed by atoms with van der Waals surface area (Å²) >= 11 is 0. The summed E-state index contributed by atoms with van der Waals surface area (Å²) in [7, 11) is 4.56. The monoisotopic (exact) mass is 545 g/mol. The van der Waals surface area contributed by atoms with E-state index in [2.05, 4.69) is 5.32 Å². The molecule has 2 aromatic rings. The molecule has 0 aromatic heterocycles. The molecule has 0 saturated carbocycles. The zero-order valence-electron chi connectivity index (χ0n) is 22.6. The van der Waals surface area contributed by atoms with Gasteiger partial charge >= 0.3 is 0 Å². The molecule has 38 heavy (non-hydrogen) atoms. The molecule has 0 radical (unpaired) electrons. The largest absolute Gasteiger partial charge is 1.00 e. The number of halogens is 1. The van der Waals surface area contributed by atoms with Gasteiger partial charge < -0.3 is 41.7 Å². The molecule has 1 fully saturated rings. The third-order valence-corrected chi connectivity index (χ3v) is 6.25. The summed E-state index contributed by atoms with van der Waals surface area (Å²) in [6.45, 7) is 7.07. The number of nitrogens with zero attached hydrogens (tertiary/aromatic N) is 1. The number of hydrogen-bond donors (Lipinski definition) is 2. The molecule has 10 heteroatoms. The number of benzene rings is 2. The molecular weight excluding hydrogens is 510 g/mol. The summed E-state index contributed by atoms with van der Waals surface area (Å²) in [5.74, 6) is 1.04. The molecule has 2 N–H and O–H groups in total.